The van der Waals surface area contributed by atoms with Crippen LogP contribution in [0.4, 0.5) is 0 Å². The van der Waals surface area contributed by atoms with Gasteiger partial charge in [0, 0.05) is 32.2 Å². The van der Waals surface area contributed by atoms with Gasteiger partial charge in [0.05, 0.1) is 12.7 Å². The first kappa shape index (κ1) is 11.4. The van der Waals surface area contributed by atoms with Gasteiger partial charge in [-0.05, 0) is 19.8 Å². The number of hydrogen-bond donors (Lipinski definition) is 1. The third-order valence-electron chi connectivity index (χ3n) is 3.52. The van der Waals surface area contributed by atoms with Gasteiger partial charge in [0.15, 0.2) is 0 Å². The molecule has 1 aliphatic heterocycles. The average molecular weight is 212 g/mol. The van der Waals surface area contributed by atoms with Crippen LogP contribution in [-0.4, -0.2) is 49.8 Å². The zero-order valence-electron chi connectivity index (χ0n) is 9.87. The topological polar surface area (TPSA) is 24.5 Å². The minimum atomic E-state index is 0.574. The molecule has 3 nitrogen and oxygen atoms in total. The van der Waals surface area contributed by atoms with Crippen molar-refractivity contribution >= 4 is 0 Å². The molecule has 0 aromatic carbocycles. The van der Waals surface area contributed by atoms with Crippen molar-refractivity contribution in [3.63, 3.8) is 0 Å². The van der Waals surface area contributed by atoms with Crippen LogP contribution in [0.3, 0.4) is 0 Å². The van der Waals surface area contributed by atoms with Gasteiger partial charge in [0.25, 0.3) is 0 Å². The zero-order valence-corrected chi connectivity index (χ0v) is 9.87. The monoisotopic (exact) mass is 212 g/mol. The second-order valence-electron chi connectivity index (χ2n) is 4.93. The van der Waals surface area contributed by atoms with Gasteiger partial charge in [-0.1, -0.05) is 12.8 Å². The predicted octanol–water partition coefficient (Wildman–Crippen LogP) is 1.24. The summed E-state index contributed by atoms with van der Waals surface area (Å²) < 4.78 is 5.88. The van der Waals surface area contributed by atoms with E-state index < -0.39 is 0 Å². The molecule has 2 fully saturated rings. The summed E-state index contributed by atoms with van der Waals surface area (Å²) in [6.45, 7) is 7.78. The van der Waals surface area contributed by atoms with Crippen molar-refractivity contribution in [2.75, 3.05) is 32.8 Å². The summed E-state index contributed by atoms with van der Waals surface area (Å²) in [4.78, 5) is 2.51. The van der Waals surface area contributed by atoms with E-state index in [1.165, 1.54) is 38.8 Å². The van der Waals surface area contributed by atoms with Crippen LogP contribution >= 0.6 is 0 Å². The highest BCUT2D eigenvalue weighted by molar-refractivity contribution is 4.75. The molecule has 0 amide bonds. The third-order valence-corrected chi connectivity index (χ3v) is 3.52. The molecule has 0 aromatic rings. The summed E-state index contributed by atoms with van der Waals surface area (Å²) in [6, 6.07) is 0.644. The molecule has 1 aliphatic carbocycles. The van der Waals surface area contributed by atoms with E-state index in [0.29, 0.717) is 12.1 Å². The second-order valence-corrected chi connectivity index (χ2v) is 4.93. The van der Waals surface area contributed by atoms with Crippen LogP contribution in [0, 0.1) is 0 Å². The number of ether oxygens (including phenoxy) is 1. The van der Waals surface area contributed by atoms with E-state index in [-0.39, 0.29) is 0 Å². The number of nitrogens with zero attached hydrogens (tertiary/aromatic N) is 1. The molecule has 0 bridgehead atoms. The van der Waals surface area contributed by atoms with Gasteiger partial charge in [0.1, 0.15) is 0 Å². The van der Waals surface area contributed by atoms with Crippen molar-refractivity contribution in [1.82, 2.24) is 10.2 Å². The molecule has 2 aliphatic rings. The van der Waals surface area contributed by atoms with E-state index >= 15 is 0 Å². The van der Waals surface area contributed by atoms with Crippen molar-refractivity contribution in [3.05, 3.63) is 0 Å². The first-order valence-electron chi connectivity index (χ1n) is 6.42. The number of hydrogen-bond acceptors (Lipinski definition) is 3. The molecule has 1 unspecified atom stereocenters. The molecule has 3 heteroatoms. The van der Waals surface area contributed by atoms with Gasteiger partial charge in [0.2, 0.25) is 0 Å². The Kier molecular flexibility index (Phi) is 4.42. The normalized spacial score (nSPS) is 29.8. The van der Waals surface area contributed by atoms with E-state index in [9.17, 15) is 0 Å². The Balaban J connectivity index is 1.56. The summed E-state index contributed by atoms with van der Waals surface area (Å²) in [6.07, 6.45) is 5.89. The highest BCUT2D eigenvalue weighted by Gasteiger charge is 2.17. The highest BCUT2D eigenvalue weighted by Crippen LogP contribution is 2.20. The lowest BCUT2D eigenvalue weighted by Crippen LogP contribution is -2.50. The minimum absolute atomic E-state index is 0.574. The smallest absolute Gasteiger partial charge is 0.0597 e. The molecule has 0 spiro atoms. The Bertz CT molecular complexity index is 180. The second kappa shape index (κ2) is 5.83. The van der Waals surface area contributed by atoms with Gasteiger partial charge < -0.3 is 10.1 Å². The van der Waals surface area contributed by atoms with E-state index in [4.69, 9.17) is 4.74 Å². The Morgan fingerprint density at radius 1 is 1.33 bits per heavy atom. The van der Waals surface area contributed by atoms with Gasteiger partial charge in [-0.2, -0.15) is 0 Å². The van der Waals surface area contributed by atoms with Gasteiger partial charge >= 0.3 is 0 Å². The van der Waals surface area contributed by atoms with Crippen LogP contribution in [0.2, 0.25) is 0 Å². The molecule has 0 aromatic heterocycles. The average Bonchev–Trinajstić information content (AvgIpc) is 2.71. The quantitative estimate of drug-likeness (QED) is 0.759. The van der Waals surface area contributed by atoms with E-state index in [1.54, 1.807) is 0 Å². The van der Waals surface area contributed by atoms with Gasteiger partial charge in [-0.25, -0.2) is 0 Å². The molecule has 0 radical (unpaired) electrons. The Labute approximate surface area is 93.2 Å². The van der Waals surface area contributed by atoms with Crippen molar-refractivity contribution < 1.29 is 4.74 Å². The first-order valence-corrected chi connectivity index (χ1v) is 6.42. The molecule has 1 saturated heterocycles. The minimum Gasteiger partial charge on any atom is -0.377 e. The van der Waals surface area contributed by atoms with Crippen LogP contribution < -0.4 is 5.32 Å². The number of rotatable bonds is 4. The Morgan fingerprint density at radius 2 is 2.13 bits per heavy atom. The van der Waals surface area contributed by atoms with Crippen LogP contribution in [0.1, 0.15) is 32.6 Å². The van der Waals surface area contributed by atoms with E-state index in [2.05, 4.69) is 17.1 Å². The summed E-state index contributed by atoms with van der Waals surface area (Å²) >= 11 is 0. The number of piperazine rings is 1. The maximum atomic E-state index is 5.88. The molecule has 88 valence electrons. The van der Waals surface area contributed by atoms with Crippen molar-refractivity contribution in [3.8, 4) is 0 Å². The van der Waals surface area contributed by atoms with Crippen molar-refractivity contribution in [2.24, 2.45) is 0 Å². The van der Waals surface area contributed by atoms with Gasteiger partial charge in [-0.15, -0.1) is 0 Å². The Morgan fingerprint density at radius 3 is 2.87 bits per heavy atom. The van der Waals surface area contributed by atoms with E-state index in [0.717, 1.165) is 19.7 Å². The van der Waals surface area contributed by atoms with Crippen LogP contribution in [0.25, 0.3) is 0 Å². The van der Waals surface area contributed by atoms with Crippen LogP contribution in [-0.2, 0) is 4.74 Å². The molecule has 2 rings (SSSR count). The lowest BCUT2D eigenvalue weighted by atomic mass is 10.2. The molecule has 1 atom stereocenters. The fourth-order valence-electron chi connectivity index (χ4n) is 2.62. The third kappa shape index (κ3) is 3.74. The van der Waals surface area contributed by atoms with E-state index in [1.807, 2.05) is 0 Å². The van der Waals surface area contributed by atoms with Crippen LogP contribution in [0.15, 0.2) is 0 Å². The fourth-order valence-corrected chi connectivity index (χ4v) is 2.62. The lowest BCUT2D eigenvalue weighted by molar-refractivity contribution is 0.0374. The predicted molar refractivity (Wildman–Crippen MR) is 62.1 cm³/mol. The summed E-state index contributed by atoms with van der Waals surface area (Å²) in [5.74, 6) is 0. The SMILES string of the molecule is CC1CN(CCOC2CCCC2)CCN1. The molecular formula is C12H24N2O. The maximum absolute atomic E-state index is 5.88. The first-order chi connectivity index (χ1) is 7.34. The fraction of sp³-hybridized carbons (Fsp3) is 1.00. The number of nitrogens with one attached hydrogen (secondary N) is 1. The highest BCUT2D eigenvalue weighted by atomic mass is 16.5. The molecule has 1 heterocycles. The van der Waals surface area contributed by atoms with Crippen molar-refractivity contribution in [2.45, 2.75) is 44.8 Å². The molecular weight excluding hydrogens is 188 g/mol. The molecule has 1 saturated carbocycles. The van der Waals surface area contributed by atoms with Gasteiger partial charge in [-0.3, -0.25) is 4.90 Å². The van der Waals surface area contributed by atoms with Crippen LogP contribution in [0.5, 0.6) is 0 Å². The standard InChI is InChI=1S/C12H24N2O/c1-11-10-14(7-6-13-11)8-9-15-12-4-2-3-5-12/h11-13H,2-10H2,1H3. The molecule has 15 heavy (non-hydrogen) atoms. The maximum Gasteiger partial charge on any atom is 0.0597 e. The summed E-state index contributed by atoms with van der Waals surface area (Å²) in [5.41, 5.74) is 0. The van der Waals surface area contributed by atoms with Crippen molar-refractivity contribution in [1.29, 1.82) is 0 Å². The lowest BCUT2D eigenvalue weighted by Gasteiger charge is -2.31. The summed E-state index contributed by atoms with van der Waals surface area (Å²) in [5, 5.41) is 3.46. The largest absolute Gasteiger partial charge is 0.377 e. The zero-order chi connectivity index (χ0) is 10.5. The Hall–Kier alpha value is -0.120. The molecule has 1 N–H and O–H groups in total. The summed E-state index contributed by atoms with van der Waals surface area (Å²) in [7, 11) is 0.